The van der Waals surface area contributed by atoms with E-state index < -0.39 is 0 Å². The summed E-state index contributed by atoms with van der Waals surface area (Å²) in [5.41, 5.74) is 3.66. The van der Waals surface area contributed by atoms with E-state index in [0.29, 0.717) is 29.4 Å². The Hall–Kier alpha value is -3.34. The Morgan fingerprint density at radius 1 is 1.15 bits per heavy atom. The monoisotopic (exact) mass is 363 g/mol. The van der Waals surface area contributed by atoms with Crippen LogP contribution in [0.3, 0.4) is 0 Å². The van der Waals surface area contributed by atoms with Gasteiger partial charge in [-0.05, 0) is 62.2 Å². The minimum Gasteiger partial charge on any atom is -0.505 e. The maximum absolute atomic E-state index is 11.7. The lowest BCUT2D eigenvalue weighted by molar-refractivity contribution is 0.0526. The smallest absolute Gasteiger partial charge is 0.338 e. The van der Waals surface area contributed by atoms with Gasteiger partial charge in [-0.2, -0.15) is 0 Å². The highest BCUT2D eigenvalue weighted by molar-refractivity contribution is 5.90. The summed E-state index contributed by atoms with van der Waals surface area (Å²) < 4.78 is 10.8. The minimum atomic E-state index is -0.343. The number of phenols is 1. The molecule has 0 spiro atoms. The minimum absolute atomic E-state index is 0.165. The SMILES string of the molecule is CCOC(=O)c1ccc(-c2ccc(C=Nc3cc(C)cc(C)c3O)o2)cc1. The summed E-state index contributed by atoms with van der Waals surface area (Å²) in [5.74, 6) is 1.05. The fourth-order valence-corrected chi connectivity index (χ4v) is 2.73. The number of carbonyl (C=O) groups is 1. The molecule has 0 saturated carbocycles. The van der Waals surface area contributed by atoms with Gasteiger partial charge in [-0.1, -0.05) is 18.2 Å². The molecule has 1 N–H and O–H groups in total. The Bertz CT molecular complexity index is 984. The Morgan fingerprint density at radius 2 is 1.89 bits per heavy atom. The van der Waals surface area contributed by atoms with E-state index in [-0.39, 0.29) is 11.7 Å². The zero-order valence-electron chi connectivity index (χ0n) is 15.5. The van der Waals surface area contributed by atoms with Crippen molar-refractivity contribution >= 4 is 17.9 Å². The number of phenolic OH excluding ortho intramolecular Hbond substituents is 1. The van der Waals surface area contributed by atoms with Crippen molar-refractivity contribution in [3.05, 3.63) is 71.0 Å². The van der Waals surface area contributed by atoms with Crippen molar-refractivity contribution in [1.82, 2.24) is 0 Å². The first-order chi connectivity index (χ1) is 13.0. The number of carbonyl (C=O) groups excluding carboxylic acids is 1. The summed E-state index contributed by atoms with van der Waals surface area (Å²) in [6, 6.07) is 14.4. The van der Waals surface area contributed by atoms with Crippen LogP contribution in [-0.2, 0) is 4.74 Å². The van der Waals surface area contributed by atoms with Crippen molar-refractivity contribution in [2.24, 2.45) is 4.99 Å². The maximum atomic E-state index is 11.7. The Morgan fingerprint density at radius 3 is 2.59 bits per heavy atom. The second-order valence-electron chi connectivity index (χ2n) is 6.21. The zero-order chi connectivity index (χ0) is 19.4. The van der Waals surface area contributed by atoms with Gasteiger partial charge in [0.25, 0.3) is 0 Å². The van der Waals surface area contributed by atoms with Crippen LogP contribution in [0.15, 0.2) is 57.9 Å². The van der Waals surface area contributed by atoms with Gasteiger partial charge >= 0.3 is 5.97 Å². The molecule has 138 valence electrons. The summed E-state index contributed by atoms with van der Waals surface area (Å²) in [4.78, 5) is 16.0. The standard InChI is InChI=1S/C22H21NO4/c1-4-26-22(25)17-7-5-16(6-8-17)20-10-9-18(27-20)13-23-19-12-14(2)11-15(3)21(19)24/h5-13,24H,4H2,1-3H3. The van der Waals surface area contributed by atoms with E-state index in [1.807, 2.05) is 44.2 Å². The van der Waals surface area contributed by atoms with Crippen LogP contribution < -0.4 is 0 Å². The number of furan rings is 1. The molecule has 0 bridgehead atoms. The van der Waals surface area contributed by atoms with Crippen molar-refractivity contribution in [3.8, 4) is 17.1 Å². The lowest BCUT2D eigenvalue weighted by atomic mass is 10.1. The van der Waals surface area contributed by atoms with E-state index >= 15 is 0 Å². The van der Waals surface area contributed by atoms with E-state index in [0.717, 1.165) is 16.7 Å². The largest absolute Gasteiger partial charge is 0.505 e. The van der Waals surface area contributed by atoms with Gasteiger partial charge < -0.3 is 14.3 Å². The average molecular weight is 363 g/mol. The van der Waals surface area contributed by atoms with E-state index in [4.69, 9.17) is 9.15 Å². The van der Waals surface area contributed by atoms with Gasteiger partial charge in [0, 0.05) is 5.56 Å². The van der Waals surface area contributed by atoms with Crippen LogP contribution >= 0.6 is 0 Å². The normalized spacial score (nSPS) is 11.1. The summed E-state index contributed by atoms with van der Waals surface area (Å²) in [6.07, 6.45) is 1.57. The molecular formula is C22H21NO4. The molecule has 0 amide bonds. The van der Waals surface area contributed by atoms with Crippen molar-refractivity contribution in [2.75, 3.05) is 6.61 Å². The number of hydrogen-bond donors (Lipinski definition) is 1. The Labute approximate surface area is 157 Å². The van der Waals surface area contributed by atoms with Gasteiger partial charge in [0.2, 0.25) is 0 Å². The van der Waals surface area contributed by atoms with Crippen molar-refractivity contribution in [3.63, 3.8) is 0 Å². The highest BCUT2D eigenvalue weighted by Crippen LogP contribution is 2.31. The molecule has 2 aromatic carbocycles. The van der Waals surface area contributed by atoms with Gasteiger partial charge in [-0.3, -0.25) is 0 Å². The number of aryl methyl sites for hydroxylation is 2. The van der Waals surface area contributed by atoms with Crippen LogP contribution in [0.4, 0.5) is 5.69 Å². The second kappa shape index (κ2) is 7.91. The molecule has 27 heavy (non-hydrogen) atoms. The molecule has 1 aromatic heterocycles. The van der Waals surface area contributed by atoms with Crippen molar-refractivity contribution in [2.45, 2.75) is 20.8 Å². The third-order valence-electron chi connectivity index (χ3n) is 4.06. The number of aromatic hydroxyl groups is 1. The number of esters is 1. The van der Waals surface area contributed by atoms with Crippen LogP contribution in [-0.4, -0.2) is 23.9 Å². The van der Waals surface area contributed by atoms with E-state index in [2.05, 4.69) is 4.99 Å². The molecule has 5 nitrogen and oxygen atoms in total. The molecule has 0 aliphatic carbocycles. The molecule has 0 unspecified atom stereocenters. The lowest BCUT2D eigenvalue weighted by Gasteiger charge is -2.04. The topological polar surface area (TPSA) is 72.0 Å². The van der Waals surface area contributed by atoms with Gasteiger partial charge in [0.1, 0.15) is 23.0 Å². The summed E-state index contributed by atoms with van der Waals surface area (Å²) in [6.45, 7) is 5.91. The van der Waals surface area contributed by atoms with Gasteiger partial charge in [-0.25, -0.2) is 9.79 Å². The van der Waals surface area contributed by atoms with Crippen molar-refractivity contribution < 1.29 is 19.1 Å². The molecule has 0 aliphatic rings. The molecule has 3 rings (SSSR count). The summed E-state index contributed by atoms with van der Waals surface area (Å²) in [7, 11) is 0. The Balaban J connectivity index is 1.78. The van der Waals surface area contributed by atoms with Crippen LogP contribution in [0, 0.1) is 13.8 Å². The highest BCUT2D eigenvalue weighted by Gasteiger charge is 2.09. The van der Waals surface area contributed by atoms with Gasteiger partial charge in [0.05, 0.1) is 18.4 Å². The first-order valence-electron chi connectivity index (χ1n) is 8.69. The van der Waals surface area contributed by atoms with Crippen molar-refractivity contribution in [1.29, 1.82) is 0 Å². The van der Waals surface area contributed by atoms with Crippen LogP contribution in [0.25, 0.3) is 11.3 Å². The Kier molecular flexibility index (Phi) is 5.41. The van der Waals surface area contributed by atoms with Crippen LogP contribution in [0.2, 0.25) is 0 Å². The number of benzene rings is 2. The van der Waals surface area contributed by atoms with Crippen LogP contribution in [0.1, 0.15) is 34.2 Å². The first-order valence-corrected chi connectivity index (χ1v) is 8.69. The fourth-order valence-electron chi connectivity index (χ4n) is 2.73. The molecule has 0 radical (unpaired) electrons. The fraction of sp³-hybridized carbons (Fsp3) is 0.182. The molecular weight excluding hydrogens is 342 g/mol. The molecule has 0 atom stereocenters. The molecule has 5 heteroatoms. The third-order valence-corrected chi connectivity index (χ3v) is 4.06. The number of rotatable bonds is 5. The molecule has 0 saturated heterocycles. The molecule has 0 aliphatic heterocycles. The number of hydrogen-bond acceptors (Lipinski definition) is 5. The lowest BCUT2D eigenvalue weighted by Crippen LogP contribution is -2.03. The zero-order valence-corrected chi connectivity index (χ0v) is 15.5. The van der Waals surface area contributed by atoms with Gasteiger partial charge in [-0.15, -0.1) is 0 Å². The third kappa shape index (κ3) is 4.26. The molecule has 0 fully saturated rings. The maximum Gasteiger partial charge on any atom is 0.338 e. The summed E-state index contributed by atoms with van der Waals surface area (Å²) >= 11 is 0. The second-order valence-corrected chi connectivity index (χ2v) is 6.21. The summed E-state index contributed by atoms with van der Waals surface area (Å²) in [5, 5.41) is 10.1. The predicted octanol–water partition coefficient (Wildman–Crippen LogP) is 5.20. The number of nitrogens with zero attached hydrogens (tertiary/aromatic N) is 1. The van der Waals surface area contributed by atoms with E-state index in [9.17, 15) is 9.90 Å². The molecule has 3 aromatic rings. The average Bonchev–Trinajstić information content (AvgIpc) is 3.13. The predicted molar refractivity (Wildman–Crippen MR) is 105 cm³/mol. The first kappa shape index (κ1) is 18.5. The van der Waals surface area contributed by atoms with Gasteiger partial charge in [0.15, 0.2) is 0 Å². The number of aliphatic imine (C=N–C) groups is 1. The molecule has 1 heterocycles. The van der Waals surface area contributed by atoms with E-state index in [1.54, 1.807) is 31.3 Å². The quantitative estimate of drug-likeness (QED) is 0.500. The van der Waals surface area contributed by atoms with E-state index in [1.165, 1.54) is 0 Å². The highest BCUT2D eigenvalue weighted by atomic mass is 16.5. The number of ether oxygens (including phenoxy) is 1. The van der Waals surface area contributed by atoms with Crippen LogP contribution in [0.5, 0.6) is 5.75 Å².